The molecule has 0 aromatic heterocycles. The number of carbonyl (C=O) groups is 4. The van der Waals surface area contributed by atoms with Crippen molar-refractivity contribution in [2.45, 2.75) is 122 Å². The van der Waals surface area contributed by atoms with Crippen molar-refractivity contribution in [1.82, 2.24) is 25.9 Å². The molecule has 0 spiro atoms. The molecule has 18 nitrogen and oxygen atoms in total. The van der Waals surface area contributed by atoms with E-state index in [9.17, 15) is 19.2 Å². The van der Waals surface area contributed by atoms with Crippen LogP contribution in [0.2, 0.25) is 0 Å². The molecule has 372 valence electrons. The molecule has 1 rings (SSSR count). The first-order chi connectivity index (χ1) is 31.9. The summed E-state index contributed by atoms with van der Waals surface area (Å²) in [5.41, 5.74) is -1.10. The number of hydrogen-bond acceptors (Lipinski definition) is 14. The Morgan fingerprint density at radius 3 is 1.38 bits per heavy atom. The third-order valence-corrected chi connectivity index (χ3v) is 12.4. The summed E-state index contributed by atoms with van der Waals surface area (Å²) in [6.45, 7) is 12.6. The molecule has 1 fully saturated rings. The van der Waals surface area contributed by atoms with Gasteiger partial charge in [0.2, 0.25) is 23.6 Å². The Balaban J connectivity index is 3.18. The van der Waals surface area contributed by atoms with Gasteiger partial charge in [0, 0.05) is 62.4 Å². The summed E-state index contributed by atoms with van der Waals surface area (Å²) in [5, 5.41) is 21.0. The second-order valence-electron chi connectivity index (χ2n) is 16.1. The third kappa shape index (κ3) is 29.7. The van der Waals surface area contributed by atoms with Crippen molar-refractivity contribution in [3.63, 3.8) is 0 Å². The van der Waals surface area contributed by atoms with Gasteiger partial charge in [-0.3, -0.25) is 19.2 Å². The third-order valence-electron chi connectivity index (χ3n) is 10.2. The highest BCUT2D eigenvalue weighted by Crippen LogP contribution is 2.49. The lowest BCUT2D eigenvalue weighted by molar-refractivity contribution is -0.131. The van der Waals surface area contributed by atoms with Crippen LogP contribution in [-0.4, -0.2) is 158 Å². The maximum absolute atomic E-state index is 14.3. The molecule has 0 bridgehead atoms. The molecule has 1 atom stereocenters. The average molecular weight is 949 g/mol. The highest BCUT2D eigenvalue weighted by Gasteiger charge is 2.38. The van der Waals surface area contributed by atoms with Gasteiger partial charge in [0.05, 0.1) is 84.7 Å². The smallest absolute Gasteiger partial charge is 0.259 e. The molecule has 1 saturated carbocycles. The van der Waals surface area contributed by atoms with Gasteiger partial charge in [-0.15, -0.1) is 19.3 Å². The Morgan fingerprint density at radius 1 is 0.621 bits per heavy atom. The normalized spacial score (nSPS) is 15.3. The van der Waals surface area contributed by atoms with Crippen molar-refractivity contribution in [1.29, 1.82) is 5.26 Å². The van der Waals surface area contributed by atoms with Crippen LogP contribution >= 0.6 is 8.53 Å². The zero-order valence-corrected chi connectivity index (χ0v) is 40.8. The SMILES string of the molecule is C#CCOCCOCCNC(=O)CCC(CCC(=O)NCCOCCOCC#C)(CCC(=O)NCCOCCOCC#C)NC(=O)[C@H]1CC[C@@H](OP(OCCC#N)N(C(C)C)C(C)C)CC1. The first-order valence-corrected chi connectivity index (χ1v) is 24.2. The number of nitrogens with zero attached hydrogens (tertiary/aromatic N) is 2. The minimum absolute atomic E-state index is 0.0120. The molecule has 0 heterocycles. The molecule has 66 heavy (non-hydrogen) atoms. The van der Waals surface area contributed by atoms with Gasteiger partial charge in [-0.25, -0.2) is 4.67 Å². The summed E-state index contributed by atoms with van der Waals surface area (Å²) in [5.74, 6) is 5.75. The number of nitrogens with one attached hydrogen (secondary N) is 4. The van der Waals surface area contributed by atoms with Crippen LogP contribution in [0.25, 0.3) is 0 Å². The molecule has 0 aromatic rings. The van der Waals surface area contributed by atoms with E-state index in [2.05, 4.69) is 77.5 Å². The largest absolute Gasteiger partial charge is 0.377 e. The van der Waals surface area contributed by atoms with Gasteiger partial charge in [0.1, 0.15) is 19.8 Å². The van der Waals surface area contributed by atoms with E-state index in [1.807, 2.05) is 0 Å². The molecule has 0 radical (unpaired) electrons. The minimum Gasteiger partial charge on any atom is -0.377 e. The molecule has 1 aliphatic carbocycles. The van der Waals surface area contributed by atoms with E-state index in [-0.39, 0.29) is 159 Å². The number of rotatable bonds is 40. The molecular formula is C47H77N6O12P. The Hall–Kier alpha value is -3.88. The van der Waals surface area contributed by atoms with Crippen LogP contribution in [0.3, 0.4) is 0 Å². The van der Waals surface area contributed by atoms with E-state index in [4.69, 9.17) is 62.0 Å². The Bertz CT molecular complexity index is 1400. The van der Waals surface area contributed by atoms with Crippen LogP contribution in [0.15, 0.2) is 0 Å². The minimum atomic E-state index is -1.45. The highest BCUT2D eigenvalue weighted by atomic mass is 31.2. The van der Waals surface area contributed by atoms with E-state index in [0.717, 1.165) is 0 Å². The fraction of sp³-hybridized carbons (Fsp3) is 0.766. The van der Waals surface area contributed by atoms with Crippen LogP contribution in [0.4, 0.5) is 0 Å². The number of ether oxygens (including phenoxy) is 6. The van der Waals surface area contributed by atoms with E-state index >= 15 is 0 Å². The zero-order chi connectivity index (χ0) is 48.7. The summed E-state index contributed by atoms with van der Waals surface area (Å²) in [6.07, 6.45) is 18.5. The summed E-state index contributed by atoms with van der Waals surface area (Å²) in [6, 6.07) is 2.42. The van der Waals surface area contributed by atoms with Crippen molar-refractivity contribution in [2.75, 3.05) is 106 Å². The molecule has 0 saturated heterocycles. The van der Waals surface area contributed by atoms with Gasteiger partial charge in [-0.1, -0.05) is 17.8 Å². The Labute approximate surface area is 395 Å². The van der Waals surface area contributed by atoms with Gasteiger partial charge >= 0.3 is 0 Å². The van der Waals surface area contributed by atoms with Gasteiger partial charge in [-0.2, -0.15) is 5.26 Å². The van der Waals surface area contributed by atoms with Crippen LogP contribution in [0.5, 0.6) is 0 Å². The van der Waals surface area contributed by atoms with E-state index in [1.54, 1.807) is 0 Å². The predicted molar refractivity (Wildman–Crippen MR) is 251 cm³/mol. The van der Waals surface area contributed by atoms with Crippen molar-refractivity contribution in [2.24, 2.45) is 5.92 Å². The monoisotopic (exact) mass is 949 g/mol. The van der Waals surface area contributed by atoms with E-state index in [1.165, 1.54) is 0 Å². The van der Waals surface area contributed by atoms with E-state index < -0.39 is 14.1 Å². The van der Waals surface area contributed by atoms with Crippen molar-refractivity contribution < 1.29 is 56.6 Å². The number of carbonyl (C=O) groups excluding carboxylic acids is 4. The van der Waals surface area contributed by atoms with Crippen LogP contribution < -0.4 is 21.3 Å². The van der Waals surface area contributed by atoms with Crippen molar-refractivity contribution >= 4 is 32.2 Å². The molecule has 4 N–H and O–H groups in total. The van der Waals surface area contributed by atoms with Crippen molar-refractivity contribution in [3.8, 4) is 43.1 Å². The number of nitriles is 1. The Morgan fingerprint density at radius 2 is 1.02 bits per heavy atom. The maximum atomic E-state index is 14.3. The quantitative estimate of drug-likeness (QED) is 0.0394. The van der Waals surface area contributed by atoms with Gasteiger partial charge < -0.3 is 58.7 Å². The predicted octanol–water partition coefficient (Wildman–Crippen LogP) is 3.38. The Kier molecular flexibility index (Phi) is 35.7. The maximum Gasteiger partial charge on any atom is 0.259 e. The molecule has 0 aromatic carbocycles. The number of hydrogen-bond donors (Lipinski definition) is 4. The molecular weight excluding hydrogens is 872 g/mol. The van der Waals surface area contributed by atoms with Gasteiger partial charge in [0.15, 0.2) is 0 Å². The van der Waals surface area contributed by atoms with Crippen molar-refractivity contribution in [3.05, 3.63) is 0 Å². The standard InChI is InChI=1S/C47H77N6O12P/c1-8-26-58-33-36-61-30-23-49-43(54)16-19-47(20-17-44(55)50-24-31-62-37-34-59-27-9-2,21-18-45(56)51-25-32-63-38-35-60-28-10-3)52-46(57)41-12-14-42(15-13-41)65-66(64-29-11-22-48)53(39(4)5)40(6)7/h1-3,39-42H,11-21,23-38H2,4-7H3,(H,49,54)(H,50,55)(H,51,56)(H,52,57)/t41-,42+,66?. The lowest BCUT2D eigenvalue weighted by Gasteiger charge is -2.39. The van der Waals surface area contributed by atoms with Crippen LogP contribution in [0, 0.1) is 54.3 Å². The average Bonchev–Trinajstić information content (AvgIpc) is 3.29. The highest BCUT2D eigenvalue weighted by molar-refractivity contribution is 7.44. The van der Waals surface area contributed by atoms with E-state index in [0.29, 0.717) is 65.3 Å². The fourth-order valence-corrected chi connectivity index (χ4v) is 8.71. The lowest BCUT2D eigenvalue weighted by atomic mass is 9.81. The van der Waals surface area contributed by atoms with Crippen LogP contribution in [-0.2, 0) is 56.6 Å². The molecule has 19 heteroatoms. The second-order valence-corrected chi connectivity index (χ2v) is 17.5. The summed E-state index contributed by atoms with van der Waals surface area (Å²) in [7, 11) is -1.45. The first-order valence-electron chi connectivity index (χ1n) is 23.1. The van der Waals surface area contributed by atoms with Crippen LogP contribution in [0.1, 0.15) is 98.3 Å². The molecule has 0 aliphatic heterocycles. The number of amides is 4. The van der Waals surface area contributed by atoms with Gasteiger partial charge in [0.25, 0.3) is 8.53 Å². The summed E-state index contributed by atoms with van der Waals surface area (Å²) < 4.78 is 47.1. The molecule has 1 unspecified atom stereocenters. The molecule has 1 aliphatic rings. The summed E-state index contributed by atoms with van der Waals surface area (Å²) in [4.78, 5) is 54.1. The summed E-state index contributed by atoms with van der Waals surface area (Å²) >= 11 is 0. The number of terminal acetylenes is 3. The second kappa shape index (κ2) is 39.1. The topological polar surface area (TPSA) is 217 Å². The molecule has 4 amide bonds. The zero-order valence-electron chi connectivity index (χ0n) is 39.9. The van der Waals surface area contributed by atoms with Gasteiger partial charge in [-0.05, 0) is 72.6 Å². The first kappa shape index (κ1) is 60.1. The lowest BCUT2D eigenvalue weighted by Crippen LogP contribution is -2.52. The fourth-order valence-electron chi connectivity index (χ4n) is 6.94.